The second kappa shape index (κ2) is 5.35. The molecule has 0 bridgehead atoms. The molecule has 12 heavy (non-hydrogen) atoms. The topological polar surface area (TPSA) is 37.3 Å². The highest BCUT2D eigenvalue weighted by molar-refractivity contribution is 6.77. The largest absolute Gasteiger partial charge is 0.481 e. The molecular weight excluding hydrogens is 168 g/mol. The number of hydrogen-bond acceptors (Lipinski definition) is 1. The lowest BCUT2D eigenvalue weighted by Crippen LogP contribution is -2.25. The minimum atomic E-state index is -1.17. The van der Waals surface area contributed by atoms with Crippen molar-refractivity contribution < 1.29 is 9.90 Å². The molecule has 0 aliphatic heterocycles. The fraction of sp³-hybridized carbons (Fsp3) is 0.889. The zero-order chi connectivity index (χ0) is 9.61. The lowest BCUT2D eigenvalue weighted by Gasteiger charge is -2.20. The Morgan fingerprint density at radius 1 is 1.33 bits per heavy atom. The third-order valence-corrected chi connectivity index (χ3v) is 5.53. The molecule has 0 fully saturated rings. The average molecular weight is 188 g/mol. The number of carbonyl (C=O) groups is 1. The molecule has 0 radical (unpaired) electrons. The summed E-state index contributed by atoms with van der Waals surface area (Å²) in [7, 11) is -1.17. The van der Waals surface area contributed by atoms with Gasteiger partial charge in [-0.25, -0.2) is 0 Å². The molecule has 0 amide bonds. The van der Waals surface area contributed by atoms with Crippen LogP contribution in [0.15, 0.2) is 0 Å². The van der Waals surface area contributed by atoms with Crippen LogP contribution in [-0.4, -0.2) is 19.1 Å². The van der Waals surface area contributed by atoms with Crippen LogP contribution in [-0.2, 0) is 4.79 Å². The van der Waals surface area contributed by atoms with E-state index in [1.807, 2.05) is 0 Å². The molecule has 0 aliphatic rings. The first-order valence-corrected chi connectivity index (χ1v) is 8.11. The van der Waals surface area contributed by atoms with Crippen LogP contribution in [0.25, 0.3) is 0 Å². The Morgan fingerprint density at radius 3 is 2.33 bits per heavy atom. The van der Waals surface area contributed by atoms with Crippen molar-refractivity contribution in [3.05, 3.63) is 0 Å². The van der Waals surface area contributed by atoms with Crippen LogP contribution in [0.2, 0.25) is 25.2 Å². The van der Waals surface area contributed by atoms with Gasteiger partial charge in [0.2, 0.25) is 0 Å². The Kier molecular flexibility index (Phi) is 5.21. The highest BCUT2D eigenvalue weighted by Gasteiger charge is 2.20. The standard InChI is InChI=1S/C9H20O2Si/c1-4-5-7-12(2,3)8-6-9(10)11/h4-8H2,1-3H3,(H,10,11). The molecule has 0 saturated heterocycles. The van der Waals surface area contributed by atoms with Gasteiger partial charge in [0.15, 0.2) is 0 Å². The minimum absolute atomic E-state index is 0.364. The molecule has 0 aromatic rings. The van der Waals surface area contributed by atoms with E-state index in [1.165, 1.54) is 18.9 Å². The number of hydrogen-bond donors (Lipinski definition) is 1. The molecule has 0 atom stereocenters. The van der Waals surface area contributed by atoms with E-state index in [-0.39, 0.29) is 0 Å². The van der Waals surface area contributed by atoms with Crippen LogP contribution in [0.4, 0.5) is 0 Å². The summed E-state index contributed by atoms with van der Waals surface area (Å²) in [5.74, 6) is -0.646. The van der Waals surface area contributed by atoms with Gasteiger partial charge in [-0.15, -0.1) is 0 Å². The van der Waals surface area contributed by atoms with Crippen molar-refractivity contribution in [1.29, 1.82) is 0 Å². The fourth-order valence-corrected chi connectivity index (χ4v) is 3.68. The van der Waals surface area contributed by atoms with Crippen molar-refractivity contribution in [2.75, 3.05) is 0 Å². The molecule has 0 aliphatic carbocycles. The molecule has 0 aromatic heterocycles. The third kappa shape index (κ3) is 6.40. The molecule has 0 aromatic carbocycles. The van der Waals surface area contributed by atoms with Crippen molar-refractivity contribution in [3.63, 3.8) is 0 Å². The van der Waals surface area contributed by atoms with Crippen LogP contribution in [0, 0.1) is 0 Å². The molecule has 3 heteroatoms. The molecule has 72 valence electrons. The Hall–Kier alpha value is -0.313. The highest BCUT2D eigenvalue weighted by atomic mass is 28.3. The van der Waals surface area contributed by atoms with E-state index in [0.29, 0.717) is 6.42 Å². The van der Waals surface area contributed by atoms with E-state index >= 15 is 0 Å². The minimum Gasteiger partial charge on any atom is -0.481 e. The maximum atomic E-state index is 10.3. The Balaban J connectivity index is 3.63. The second-order valence-corrected chi connectivity index (χ2v) is 9.49. The van der Waals surface area contributed by atoms with E-state index in [4.69, 9.17) is 5.11 Å². The smallest absolute Gasteiger partial charge is 0.303 e. The summed E-state index contributed by atoms with van der Waals surface area (Å²) in [6, 6.07) is 2.21. The van der Waals surface area contributed by atoms with E-state index in [1.54, 1.807) is 0 Å². The first-order valence-electron chi connectivity index (χ1n) is 4.70. The van der Waals surface area contributed by atoms with Gasteiger partial charge in [0.1, 0.15) is 0 Å². The number of carboxylic acids is 1. The number of unbranched alkanes of at least 4 members (excludes halogenated alkanes) is 1. The van der Waals surface area contributed by atoms with E-state index in [2.05, 4.69) is 20.0 Å². The Morgan fingerprint density at radius 2 is 1.92 bits per heavy atom. The van der Waals surface area contributed by atoms with Gasteiger partial charge in [-0.2, -0.15) is 0 Å². The summed E-state index contributed by atoms with van der Waals surface area (Å²) >= 11 is 0. The van der Waals surface area contributed by atoms with Gasteiger partial charge in [0.25, 0.3) is 0 Å². The first-order chi connectivity index (χ1) is 5.48. The Bertz CT molecular complexity index is 143. The maximum absolute atomic E-state index is 10.3. The van der Waals surface area contributed by atoms with Crippen molar-refractivity contribution in [2.45, 2.75) is 51.4 Å². The summed E-state index contributed by atoms with van der Waals surface area (Å²) in [6.45, 7) is 6.75. The highest BCUT2D eigenvalue weighted by Crippen LogP contribution is 2.19. The van der Waals surface area contributed by atoms with Crippen molar-refractivity contribution in [3.8, 4) is 0 Å². The molecular formula is C9H20O2Si. The quantitative estimate of drug-likeness (QED) is 0.651. The predicted octanol–water partition coefficient (Wildman–Crippen LogP) is 2.97. The zero-order valence-corrected chi connectivity index (χ0v) is 9.39. The summed E-state index contributed by atoms with van der Waals surface area (Å²) < 4.78 is 0. The summed E-state index contributed by atoms with van der Waals surface area (Å²) in [5.41, 5.74) is 0. The van der Waals surface area contributed by atoms with Gasteiger partial charge in [-0.05, 0) is 6.04 Å². The van der Waals surface area contributed by atoms with Crippen LogP contribution < -0.4 is 0 Å². The van der Waals surface area contributed by atoms with Crippen LogP contribution >= 0.6 is 0 Å². The van der Waals surface area contributed by atoms with Crippen LogP contribution in [0.3, 0.4) is 0 Å². The second-order valence-electron chi connectivity index (χ2n) is 4.16. The van der Waals surface area contributed by atoms with Gasteiger partial charge in [0, 0.05) is 14.5 Å². The number of rotatable bonds is 6. The lowest BCUT2D eigenvalue weighted by molar-refractivity contribution is -0.136. The molecule has 0 spiro atoms. The zero-order valence-electron chi connectivity index (χ0n) is 8.39. The van der Waals surface area contributed by atoms with Crippen molar-refractivity contribution in [1.82, 2.24) is 0 Å². The van der Waals surface area contributed by atoms with E-state index in [9.17, 15) is 4.79 Å². The van der Waals surface area contributed by atoms with Crippen molar-refractivity contribution >= 4 is 14.0 Å². The summed E-state index contributed by atoms with van der Waals surface area (Å²) in [4.78, 5) is 10.3. The monoisotopic (exact) mass is 188 g/mol. The van der Waals surface area contributed by atoms with Gasteiger partial charge in [0.05, 0.1) is 0 Å². The molecule has 0 rings (SSSR count). The first kappa shape index (κ1) is 11.7. The van der Waals surface area contributed by atoms with Crippen LogP contribution in [0.1, 0.15) is 26.2 Å². The fourth-order valence-electron chi connectivity index (χ4n) is 1.23. The van der Waals surface area contributed by atoms with Gasteiger partial charge in [-0.3, -0.25) is 4.79 Å². The van der Waals surface area contributed by atoms with E-state index in [0.717, 1.165) is 6.04 Å². The average Bonchev–Trinajstić information content (AvgIpc) is 1.98. The predicted molar refractivity (Wildman–Crippen MR) is 54.3 cm³/mol. The lowest BCUT2D eigenvalue weighted by atomic mass is 10.4. The van der Waals surface area contributed by atoms with E-state index < -0.39 is 14.0 Å². The van der Waals surface area contributed by atoms with Gasteiger partial charge >= 0.3 is 5.97 Å². The van der Waals surface area contributed by atoms with Crippen LogP contribution in [0.5, 0.6) is 0 Å². The molecule has 0 saturated carbocycles. The van der Waals surface area contributed by atoms with Gasteiger partial charge in [-0.1, -0.05) is 38.9 Å². The maximum Gasteiger partial charge on any atom is 0.303 e. The Labute approximate surface area is 76.0 Å². The third-order valence-electron chi connectivity index (χ3n) is 2.22. The molecule has 0 unspecified atom stereocenters. The normalized spacial score (nSPS) is 11.6. The molecule has 2 nitrogen and oxygen atoms in total. The number of aliphatic carboxylic acids is 1. The summed E-state index contributed by atoms with van der Waals surface area (Å²) in [6.07, 6.45) is 2.85. The molecule has 0 heterocycles. The summed E-state index contributed by atoms with van der Waals surface area (Å²) in [5, 5.41) is 8.52. The SMILES string of the molecule is CCCC[Si](C)(C)CCC(=O)O. The van der Waals surface area contributed by atoms with Gasteiger partial charge < -0.3 is 5.11 Å². The van der Waals surface area contributed by atoms with Crippen molar-refractivity contribution in [2.24, 2.45) is 0 Å². The molecule has 1 N–H and O–H groups in total. The number of carboxylic acid groups (broad SMARTS) is 1.